The minimum absolute atomic E-state index is 0.122. The molecule has 1 aliphatic carbocycles. The Morgan fingerprint density at radius 3 is 2.22 bits per heavy atom. The summed E-state index contributed by atoms with van der Waals surface area (Å²) in [7, 11) is 0. The summed E-state index contributed by atoms with van der Waals surface area (Å²) >= 11 is 0. The Hall–Kier alpha value is -0.160. The predicted molar refractivity (Wildman–Crippen MR) is 78.6 cm³/mol. The highest BCUT2D eigenvalue weighted by atomic mass is 14.9. The van der Waals surface area contributed by atoms with Gasteiger partial charge < -0.3 is 22.1 Å². The molecule has 0 radical (unpaired) electrons. The van der Waals surface area contributed by atoms with E-state index in [0.29, 0.717) is 0 Å². The van der Waals surface area contributed by atoms with Gasteiger partial charge in [0, 0.05) is 18.1 Å². The van der Waals surface area contributed by atoms with Gasteiger partial charge in [-0.25, -0.2) is 0 Å². The van der Waals surface area contributed by atoms with Crippen molar-refractivity contribution in [3.8, 4) is 0 Å². The van der Waals surface area contributed by atoms with Crippen LogP contribution in [0.1, 0.15) is 51.9 Å². The molecule has 4 nitrogen and oxygen atoms in total. The summed E-state index contributed by atoms with van der Waals surface area (Å²) in [5.41, 5.74) is 12.2. The summed E-state index contributed by atoms with van der Waals surface area (Å²) in [6.45, 7) is 5.10. The van der Waals surface area contributed by atoms with Gasteiger partial charge in [-0.2, -0.15) is 0 Å². The maximum absolute atomic E-state index is 6.12. The maximum atomic E-state index is 6.12. The first-order valence-electron chi connectivity index (χ1n) is 7.69. The van der Waals surface area contributed by atoms with Gasteiger partial charge in [0.05, 0.1) is 0 Å². The molecule has 0 aliphatic heterocycles. The first-order valence-corrected chi connectivity index (χ1v) is 7.69. The molecule has 0 saturated heterocycles. The molecule has 1 rings (SSSR count). The molecule has 0 spiro atoms. The van der Waals surface area contributed by atoms with Gasteiger partial charge in [0.15, 0.2) is 0 Å². The Morgan fingerprint density at radius 2 is 1.61 bits per heavy atom. The van der Waals surface area contributed by atoms with Crippen LogP contribution >= 0.6 is 0 Å². The van der Waals surface area contributed by atoms with Crippen LogP contribution < -0.4 is 22.1 Å². The molecule has 108 valence electrons. The molecule has 0 amide bonds. The highest BCUT2D eigenvalue weighted by Gasteiger charge is 2.15. The van der Waals surface area contributed by atoms with E-state index in [1.54, 1.807) is 0 Å². The lowest BCUT2D eigenvalue weighted by molar-refractivity contribution is 0.359. The molecule has 18 heavy (non-hydrogen) atoms. The average Bonchev–Trinajstić information content (AvgIpc) is 2.40. The molecular formula is C14H32N4. The van der Waals surface area contributed by atoms with Crippen LogP contribution in [0.3, 0.4) is 0 Å². The van der Waals surface area contributed by atoms with Gasteiger partial charge in [0.1, 0.15) is 0 Å². The Balaban J connectivity index is 2.02. The van der Waals surface area contributed by atoms with E-state index in [-0.39, 0.29) is 12.1 Å². The quantitative estimate of drug-likeness (QED) is 0.463. The fourth-order valence-electron chi connectivity index (χ4n) is 2.63. The molecule has 0 aromatic carbocycles. The van der Waals surface area contributed by atoms with E-state index in [0.717, 1.165) is 38.5 Å². The lowest BCUT2D eigenvalue weighted by atomic mass is 9.95. The van der Waals surface area contributed by atoms with Crippen LogP contribution in [0.2, 0.25) is 0 Å². The molecule has 0 bridgehead atoms. The van der Waals surface area contributed by atoms with Gasteiger partial charge in [-0.05, 0) is 45.3 Å². The molecule has 2 unspecified atom stereocenters. The number of nitrogens with two attached hydrogens (primary N) is 2. The molecule has 0 aromatic rings. The van der Waals surface area contributed by atoms with Gasteiger partial charge in [0.2, 0.25) is 0 Å². The fraction of sp³-hybridized carbons (Fsp3) is 1.00. The molecule has 1 aliphatic rings. The molecule has 0 heterocycles. The van der Waals surface area contributed by atoms with Gasteiger partial charge in [-0.15, -0.1) is 0 Å². The van der Waals surface area contributed by atoms with Gasteiger partial charge >= 0.3 is 0 Å². The monoisotopic (exact) mass is 256 g/mol. The normalized spacial score (nSPS) is 20.8. The third-order valence-electron chi connectivity index (χ3n) is 3.97. The van der Waals surface area contributed by atoms with Gasteiger partial charge in [-0.1, -0.05) is 26.2 Å². The minimum Gasteiger partial charge on any atom is -0.326 e. The Bertz CT molecular complexity index is 192. The molecule has 0 aromatic heterocycles. The van der Waals surface area contributed by atoms with E-state index >= 15 is 0 Å². The first-order chi connectivity index (χ1) is 8.74. The summed E-state index contributed by atoms with van der Waals surface area (Å²) in [6.07, 6.45) is 8.80. The van der Waals surface area contributed by atoms with Crippen LogP contribution in [0.25, 0.3) is 0 Å². The standard InChI is InChI=1S/C14H32N4/c1-2-17-10-8-13(15)14(16)9-11-18-12-6-4-3-5-7-12/h12-14,17-18H,2-11,15-16H2,1H3. The van der Waals surface area contributed by atoms with E-state index < -0.39 is 0 Å². The van der Waals surface area contributed by atoms with Gasteiger partial charge in [0.25, 0.3) is 0 Å². The van der Waals surface area contributed by atoms with Crippen LogP contribution in [0, 0.1) is 0 Å². The zero-order chi connectivity index (χ0) is 13.2. The lowest BCUT2D eigenvalue weighted by Gasteiger charge is -2.25. The third-order valence-corrected chi connectivity index (χ3v) is 3.97. The Kier molecular flexibility index (Phi) is 8.59. The largest absolute Gasteiger partial charge is 0.326 e. The van der Waals surface area contributed by atoms with E-state index in [1.165, 1.54) is 32.1 Å². The Labute approximate surface area is 112 Å². The van der Waals surface area contributed by atoms with E-state index in [2.05, 4.69) is 17.6 Å². The summed E-state index contributed by atoms with van der Waals surface area (Å²) in [5.74, 6) is 0. The smallest absolute Gasteiger partial charge is 0.0204 e. The maximum Gasteiger partial charge on any atom is 0.0204 e. The van der Waals surface area contributed by atoms with Crippen molar-refractivity contribution < 1.29 is 0 Å². The second-order valence-electron chi connectivity index (χ2n) is 5.55. The van der Waals surface area contributed by atoms with Crippen molar-refractivity contribution in [1.29, 1.82) is 0 Å². The average molecular weight is 256 g/mol. The van der Waals surface area contributed by atoms with Crippen LogP contribution in [-0.4, -0.2) is 37.8 Å². The SMILES string of the molecule is CCNCCC(N)C(N)CCNC1CCCCC1. The zero-order valence-corrected chi connectivity index (χ0v) is 12.0. The number of hydrogen-bond acceptors (Lipinski definition) is 4. The highest BCUT2D eigenvalue weighted by Crippen LogP contribution is 2.17. The van der Waals surface area contributed by atoms with Crippen molar-refractivity contribution in [3.63, 3.8) is 0 Å². The van der Waals surface area contributed by atoms with Crippen molar-refractivity contribution in [1.82, 2.24) is 10.6 Å². The summed E-state index contributed by atoms with van der Waals surface area (Å²) in [4.78, 5) is 0. The predicted octanol–water partition coefficient (Wildman–Crippen LogP) is 0.953. The van der Waals surface area contributed by atoms with Crippen LogP contribution in [0.15, 0.2) is 0 Å². The molecular weight excluding hydrogens is 224 g/mol. The Morgan fingerprint density at radius 1 is 1.00 bits per heavy atom. The lowest BCUT2D eigenvalue weighted by Crippen LogP contribution is -2.45. The minimum atomic E-state index is 0.122. The summed E-state index contributed by atoms with van der Waals surface area (Å²) in [6, 6.07) is 0.973. The second-order valence-corrected chi connectivity index (χ2v) is 5.55. The van der Waals surface area contributed by atoms with E-state index in [1.807, 2.05) is 0 Å². The fourth-order valence-corrected chi connectivity index (χ4v) is 2.63. The molecule has 1 saturated carbocycles. The van der Waals surface area contributed by atoms with Crippen molar-refractivity contribution in [3.05, 3.63) is 0 Å². The summed E-state index contributed by atoms with van der Waals surface area (Å²) < 4.78 is 0. The first kappa shape index (κ1) is 15.9. The van der Waals surface area contributed by atoms with Crippen LogP contribution in [-0.2, 0) is 0 Å². The summed E-state index contributed by atoms with van der Waals surface area (Å²) in [5, 5.41) is 6.91. The van der Waals surface area contributed by atoms with Crippen molar-refractivity contribution in [2.45, 2.75) is 70.0 Å². The van der Waals surface area contributed by atoms with Crippen molar-refractivity contribution in [2.24, 2.45) is 11.5 Å². The number of rotatable bonds is 9. The highest BCUT2D eigenvalue weighted by molar-refractivity contribution is 4.79. The van der Waals surface area contributed by atoms with E-state index in [4.69, 9.17) is 11.5 Å². The zero-order valence-electron chi connectivity index (χ0n) is 12.0. The van der Waals surface area contributed by atoms with Gasteiger partial charge in [-0.3, -0.25) is 0 Å². The molecule has 6 N–H and O–H groups in total. The van der Waals surface area contributed by atoms with E-state index in [9.17, 15) is 0 Å². The molecule has 2 atom stereocenters. The van der Waals surface area contributed by atoms with Crippen molar-refractivity contribution in [2.75, 3.05) is 19.6 Å². The third kappa shape index (κ3) is 6.69. The second kappa shape index (κ2) is 9.73. The van der Waals surface area contributed by atoms with Crippen molar-refractivity contribution >= 4 is 0 Å². The van der Waals surface area contributed by atoms with Crippen LogP contribution in [0.4, 0.5) is 0 Å². The molecule has 1 fully saturated rings. The number of hydrogen-bond donors (Lipinski definition) is 4. The molecule has 4 heteroatoms. The number of nitrogens with one attached hydrogen (secondary N) is 2. The topological polar surface area (TPSA) is 76.1 Å². The van der Waals surface area contributed by atoms with Crippen LogP contribution in [0.5, 0.6) is 0 Å².